The van der Waals surface area contributed by atoms with Gasteiger partial charge in [0.15, 0.2) is 5.69 Å². The largest absolute Gasteiger partial charge is 0.353 e. The number of para-hydroxylation sites is 1. The van der Waals surface area contributed by atoms with Crippen LogP contribution in [-0.2, 0) is 17.9 Å². The molecule has 0 unspecified atom stereocenters. The molecule has 3 heterocycles. The first-order valence-electron chi connectivity index (χ1n) is 13.1. The maximum atomic E-state index is 13.5. The summed E-state index contributed by atoms with van der Waals surface area (Å²) in [6, 6.07) is 16.1. The number of hydrogen-bond acceptors (Lipinski definition) is 5. The van der Waals surface area contributed by atoms with Gasteiger partial charge >= 0.3 is 0 Å². The predicted molar refractivity (Wildman–Crippen MR) is 148 cm³/mol. The van der Waals surface area contributed by atoms with E-state index in [4.69, 9.17) is 0 Å². The second-order valence-electron chi connectivity index (χ2n) is 10.9. The minimum atomic E-state index is -0.853. The second-order valence-corrected chi connectivity index (χ2v) is 10.9. The number of nitrogens with zero attached hydrogens (tertiary/aromatic N) is 4. The van der Waals surface area contributed by atoms with Crippen LogP contribution in [0.3, 0.4) is 0 Å². The van der Waals surface area contributed by atoms with Gasteiger partial charge in [-0.3, -0.25) is 24.0 Å². The standard InChI is InChI=1S/C30H31FN6O3/c1-30(2,3)26(28(39)33-15-16-36-18-23-21(29(36)40)8-6-14-32-23)34-27(38)25-22-7-4-5-9-24(22)37(35-25)17-19-10-12-20(31)13-11-19/h4-14,26H,15-18H2,1-3H3,(H,33,39)(H,34,38)/t26-/m1/s1. The van der Waals surface area contributed by atoms with Gasteiger partial charge in [0, 0.05) is 24.7 Å². The van der Waals surface area contributed by atoms with Crippen molar-refractivity contribution in [1.29, 1.82) is 0 Å². The Morgan fingerprint density at radius 3 is 2.52 bits per heavy atom. The number of carbonyl (C=O) groups excluding carboxylic acids is 3. The van der Waals surface area contributed by atoms with Gasteiger partial charge in [-0.25, -0.2) is 4.39 Å². The molecule has 0 fully saturated rings. The van der Waals surface area contributed by atoms with Gasteiger partial charge in [-0.2, -0.15) is 5.10 Å². The summed E-state index contributed by atoms with van der Waals surface area (Å²) in [6.07, 6.45) is 1.66. The molecular weight excluding hydrogens is 511 g/mol. The van der Waals surface area contributed by atoms with E-state index in [-0.39, 0.29) is 29.9 Å². The van der Waals surface area contributed by atoms with Crippen LogP contribution >= 0.6 is 0 Å². The zero-order chi connectivity index (χ0) is 28.4. The second kappa shape index (κ2) is 10.9. The number of aromatic nitrogens is 3. The van der Waals surface area contributed by atoms with Gasteiger partial charge in [-0.05, 0) is 41.3 Å². The van der Waals surface area contributed by atoms with Crippen LogP contribution in [0.5, 0.6) is 0 Å². The van der Waals surface area contributed by atoms with E-state index in [0.29, 0.717) is 30.6 Å². The Hall–Kier alpha value is -4.60. The zero-order valence-corrected chi connectivity index (χ0v) is 22.6. The summed E-state index contributed by atoms with van der Waals surface area (Å²) in [5.41, 5.74) is 2.50. The van der Waals surface area contributed by atoms with E-state index >= 15 is 0 Å². The van der Waals surface area contributed by atoms with Crippen molar-refractivity contribution >= 4 is 28.6 Å². The third-order valence-electron chi connectivity index (χ3n) is 6.95. The van der Waals surface area contributed by atoms with Crippen molar-refractivity contribution in [3.05, 3.63) is 95.2 Å². The molecule has 0 radical (unpaired) electrons. The molecule has 40 heavy (non-hydrogen) atoms. The molecule has 4 aromatic rings. The van der Waals surface area contributed by atoms with Gasteiger partial charge in [0.2, 0.25) is 5.91 Å². The SMILES string of the molecule is CC(C)(C)[C@H](NC(=O)c1nn(Cc2ccc(F)cc2)c2ccccc12)C(=O)NCCN1Cc2ncccc2C1=O. The van der Waals surface area contributed by atoms with E-state index in [1.54, 1.807) is 40.0 Å². The van der Waals surface area contributed by atoms with Crippen molar-refractivity contribution in [2.75, 3.05) is 13.1 Å². The Morgan fingerprint density at radius 2 is 1.80 bits per heavy atom. The van der Waals surface area contributed by atoms with Gasteiger partial charge in [-0.1, -0.05) is 51.1 Å². The maximum Gasteiger partial charge on any atom is 0.273 e. The normalized spacial score (nSPS) is 13.8. The Morgan fingerprint density at radius 1 is 1.05 bits per heavy atom. The van der Waals surface area contributed by atoms with E-state index in [1.807, 2.05) is 45.0 Å². The quantitative estimate of drug-likeness (QED) is 0.354. The van der Waals surface area contributed by atoms with Crippen LogP contribution in [0, 0.1) is 11.2 Å². The Labute approximate surface area is 231 Å². The average Bonchev–Trinajstić information content (AvgIpc) is 3.45. The lowest BCUT2D eigenvalue weighted by atomic mass is 9.86. The predicted octanol–water partition coefficient (Wildman–Crippen LogP) is 3.54. The molecule has 5 rings (SSSR count). The first kappa shape index (κ1) is 27.0. The number of pyridine rings is 1. The summed E-state index contributed by atoms with van der Waals surface area (Å²) >= 11 is 0. The molecule has 1 aliphatic rings. The third-order valence-corrected chi connectivity index (χ3v) is 6.95. The number of hydrogen-bond donors (Lipinski definition) is 2. The lowest BCUT2D eigenvalue weighted by Gasteiger charge is -2.30. The highest BCUT2D eigenvalue weighted by molar-refractivity contribution is 6.06. The third kappa shape index (κ3) is 5.56. The summed E-state index contributed by atoms with van der Waals surface area (Å²) in [4.78, 5) is 45.3. The average molecular weight is 543 g/mol. The minimum absolute atomic E-state index is 0.110. The number of fused-ring (bicyclic) bond motifs is 2. The topological polar surface area (TPSA) is 109 Å². The molecule has 0 aliphatic carbocycles. The van der Waals surface area contributed by atoms with Crippen molar-refractivity contribution in [2.45, 2.75) is 39.9 Å². The first-order chi connectivity index (χ1) is 19.1. The van der Waals surface area contributed by atoms with Crippen LogP contribution < -0.4 is 10.6 Å². The molecule has 206 valence electrons. The monoisotopic (exact) mass is 542 g/mol. The van der Waals surface area contributed by atoms with E-state index in [0.717, 1.165) is 16.8 Å². The van der Waals surface area contributed by atoms with Gasteiger partial charge in [0.25, 0.3) is 11.8 Å². The maximum absolute atomic E-state index is 13.5. The Bertz CT molecular complexity index is 1570. The molecule has 1 atom stereocenters. The fourth-order valence-corrected chi connectivity index (χ4v) is 4.83. The summed E-state index contributed by atoms with van der Waals surface area (Å²) in [5.74, 6) is -1.26. The summed E-state index contributed by atoms with van der Waals surface area (Å²) in [6.45, 7) is 6.92. The molecule has 10 heteroatoms. The lowest BCUT2D eigenvalue weighted by molar-refractivity contribution is -0.125. The van der Waals surface area contributed by atoms with E-state index < -0.39 is 17.4 Å². The molecule has 0 spiro atoms. The molecule has 1 aliphatic heterocycles. The van der Waals surface area contributed by atoms with Crippen LogP contribution in [0.1, 0.15) is 52.9 Å². The molecule has 0 bridgehead atoms. The fourth-order valence-electron chi connectivity index (χ4n) is 4.83. The van der Waals surface area contributed by atoms with Gasteiger partial charge in [0.05, 0.1) is 29.9 Å². The van der Waals surface area contributed by atoms with Gasteiger partial charge in [0.1, 0.15) is 11.9 Å². The van der Waals surface area contributed by atoms with Crippen LogP contribution in [0.4, 0.5) is 4.39 Å². The number of nitrogens with one attached hydrogen (secondary N) is 2. The molecule has 2 aromatic heterocycles. The van der Waals surface area contributed by atoms with Crippen LogP contribution in [0.15, 0.2) is 66.9 Å². The van der Waals surface area contributed by atoms with Crippen LogP contribution in [-0.4, -0.2) is 56.5 Å². The summed E-state index contributed by atoms with van der Waals surface area (Å²) in [7, 11) is 0. The molecule has 2 N–H and O–H groups in total. The van der Waals surface area contributed by atoms with Crippen LogP contribution in [0.25, 0.3) is 10.9 Å². The fraction of sp³-hybridized carbons (Fsp3) is 0.300. The van der Waals surface area contributed by atoms with Crippen molar-refractivity contribution in [3.8, 4) is 0 Å². The first-order valence-corrected chi connectivity index (χ1v) is 13.1. The van der Waals surface area contributed by atoms with E-state index in [2.05, 4.69) is 20.7 Å². The molecule has 0 saturated carbocycles. The number of carbonyl (C=O) groups is 3. The Balaban J connectivity index is 1.28. The number of rotatable bonds is 8. The molecule has 2 aromatic carbocycles. The van der Waals surface area contributed by atoms with E-state index in [9.17, 15) is 18.8 Å². The van der Waals surface area contributed by atoms with Gasteiger partial charge in [-0.15, -0.1) is 0 Å². The summed E-state index contributed by atoms with van der Waals surface area (Å²) in [5, 5.41) is 11.0. The molecular formula is C30H31FN6O3. The van der Waals surface area contributed by atoms with Crippen molar-refractivity contribution < 1.29 is 18.8 Å². The number of halogens is 1. The zero-order valence-electron chi connectivity index (χ0n) is 22.6. The molecule has 0 saturated heterocycles. The van der Waals surface area contributed by atoms with Crippen molar-refractivity contribution in [1.82, 2.24) is 30.3 Å². The summed E-state index contributed by atoms with van der Waals surface area (Å²) < 4.78 is 15.1. The van der Waals surface area contributed by atoms with E-state index in [1.165, 1.54) is 12.1 Å². The number of benzene rings is 2. The van der Waals surface area contributed by atoms with Gasteiger partial charge < -0.3 is 15.5 Å². The number of amides is 3. The van der Waals surface area contributed by atoms with Crippen molar-refractivity contribution in [3.63, 3.8) is 0 Å². The van der Waals surface area contributed by atoms with Crippen LogP contribution in [0.2, 0.25) is 0 Å². The molecule has 3 amide bonds. The Kier molecular flexibility index (Phi) is 7.34. The highest BCUT2D eigenvalue weighted by atomic mass is 19.1. The lowest BCUT2D eigenvalue weighted by Crippen LogP contribution is -2.54. The highest BCUT2D eigenvalue weighted by Crippen LogP contribution is 2.24. The molecule has 9 nitrogen and oxygen atoms in total. The highest BCUT2D eigenvalue weighted by Gasteiger charge is 2.34. The minimum Gasteiger partial charge on any atom is -0.353 e. The smallest absolute Gasteiger partial charge is 0.273 e. The van der Waals surface area contributed by atoms with Crippen molar-refractivity contribution in [2.24, 2.45) is 5.41 Å².